The van der Waals surface area contributed by atoms with Gasteiger partial charge in [-0.3, -0.25) is 0 Å². The summed E-state index contributed by atoms with van der Waals surface area (Å²) in [5, 5.41) is 12.4. The molecule has 1 aliphatic heterocycles. The van der Waals surface area contributed by atoms with E-state index in [9.17, 15) is 4.79 Å². The molecule has 6 heteroatoms. The minimum atomic E-state index is -0.375. The normalized spacial score (nSPS) is 21.7. The predicted molar refractivity (Wildman–Crippen MR) is 144 cm³/mol. The second-order valence-electron chi connectivity index (χ2n) is 9.56. The van der Waals surface area contributed by atoms with E-state index in [1.54, 1.807) is 0 Å². The number of amides is 1. The first-order chi connectivity index (χ1) is 17.7. The third-order valence-corrected chi connectivity index (χ3v) is 7.09. The molecule has 1 saturated carbocycles. The van der Waals surface area contributed by atoms with Gasteiger partial charge in [-0.25, -0.2) is 4.79 Å². The summed E-state index contributed by atoms with van der Waals surface area (Å²) in [7, 11) is 0. The largest absolute Gasteiger partial charge is 0.446 e. The Hall–Kier alpha value is -3.93. The maximum Gasteiger partial charge on any atom is 0.407 e. The van der Waals surface area contributed by atoms with Gasteiger partial charge < -0.3 is 15.8 Å². The van der Waals surface area contributed by atoms with Gasteiger partial charge in [-0.05, 0) is 54.5 Å². The van der Waals surface area contributed by atoms with E-state index < -0.39 is 0 Å². The molecule has 0 bridgehead atoms. The maximum atomic E-state index is 12.7. The Kier molecular flexibility index (Phi) is 7.41. The van der Waals surface area contributed by atoms with Crippen molar-refractivity contribution in [1.29, 1.82) is 0 Å². The van der Waals surface area contributed by atoms with E-state index in [0.29, 0.717) is 18.7 Å². The SMILES string of the molecule is Nc1ccc(C2=NN=C(c3ccccc3)C3CCCCC(OC(=O)NCc4ccccc4)CC23)cc1. The summed E-state index contributed by atoms with van der Waals surface area (Å²) in [6.45, 7) is 0.446. The van der Waals surface area contributed by atoms with Gasteiger partial charge in [0, 0.05) is 24.1 Å². The molecule has 1 fully saturated rings. The van der Waals surface area contributed by atoms with Crippen LogP contribution in [0.15, 0.2) is 95.1 Å². The molecule has 3 aromatic rings. The zero-order valence-corrected chi connectivity index (χ0v) is 20.3. The highest BCUT2D eigenvalue weighted by molar-refractivity contribution is 6.11. The fourth-order valence-corrected chi connectivity index (χ4v) is 5.26. The van der Waals surface area contributed by atoms with E-state index in [1.165, 1.54) is 0 Å². The number of nitrogens with one attached hydrogen (secondary N) is 1. The Bertz CT molecular complexity index is 1220. The number of nitrogen functional groups attached to an aromatic ring is 1. The molecule has 3 atom stereocenters. The fraction of sp³-hybridized carbons (Fsp3) is 0.300. The van der Waals surface area contributed by atoms with Crippen molar-refractivity contribution in [2.45, 2.75) is 44.8 Å². The van der Waals surface area contributed by atoms with Crippen LogP contribution in [-0.2, 0) is 11.3 Å². The molecular formula is C30H32N4O2. The van der Waals surface area contributed by atoms with Gasteiger partial charge in [0.05, 0.1) is 11.4 Å². The molecule has 36 heavy (non-hydrogen) atoms. The lowest BCUT2D eigenvalue weighted by Gasteiger charge is -2.36. The molecule has 6 nitrogen and oxygen atoms in total. The number of rotatable bonds is 5. The Labute approximate surface area is 212 Å². The van der Waals surface area contributed by atoms with Crippen LogP contribution in [0.1, 0.15) is 48.8 Å². The second-order valence-corrected chi connectivity index (χ2v) is 9.56. The van der Waals surface area contributed by atoms with Crippen molar-refractivity contribution in [3.63, 3.8) is 0 Å². The van der Waals surface area contributed by atoms with Crippen molar-refractivity contribution in [3.05, 3.63) is 102 Å². The van der Waals surface area contributed by atoms with Crippen LogP contribution in [0, 0.1) is 11.8 Å². The zero-order valence-electron chi connectivity index (χ0n) is 20.3. The van der Waals surface area contributed by atoms with Gasteiger partial charge in [0.25, 0.3) is 0 Å². The molecule has 0 radical (unpaired) electrons. The monoisotopic (exact) mass is 480 g/mol. The number of carbonyl (C=O) groups excluding carboxylic acids is 1. The summed E-state index contributed by atoms with van der Waals surface area (Å²) >= 11 is 0. The zero-order chi connectivity index (χ0) is 24.7. The minimum Gasteiger partial charge on any atom is -0.446 e. The summed E-state index contributed by atoms with van der Waals surface area (Å²) < 4.78 is 5.98. The standard InChI is InChI=1S/C30H32N4O2/c31-24-17-15-23(16-18-24)29-27-19-25(36-30(35)32-20-21-9-3-1-4-10-21)13-7-8-14-26(27)28(33-34-29)22-11-5-2-6-12-22/h1-6,9-12,15-18,25-27H,7-8,13-14,19-20,31H2,(H,32,35). The molecule has 1 amide bonds. The Morgan fingerprint density at radius 2 is 1.42 bits per heavy atom. The number of benzene rings is 3. The Morgan fingerprint density at radius 1 is 0.806 bits per heavy atom. The molecule has 3 N–H and O–H groups in total. The summed E-state index contributed by atoms with van der Waals surface area (Å²) in [4.78, 5) is 12.7. The lowest BCUT2D eigenvalue weighted by molar-refractivity contribution is 0.0731. The molecule has 0 aromatic heterocycles. The topological polar surface area (TPSA) is 89.1 Å². The third-order valence-electron chi connectivity index (χ3n) is 7.09. The van der Waals surface area contributed by atoms with Gasteiger partial charge in [0.15, 0.2) is 0 Å². The lowest BCUT2D eigenvalue weighted by atomic mass is 9.72. The van der Waals surface area contributed by atoms with Crippen LogP contribution in [-0.4, -0.2) is 23.6 Å². The molecule has 3 aromatic carbocycles. The summed E-state index contributed by atoms with van der Waals surface area (Å²) in [6.07, 6.45) is 4.07. The van der Waals surface area contributed by atoms with Crippen molar-refractivity contribution in [3.8, 4) is 0 Å². The van der Waals surface area contributed by atoms with Crippen molar-refractivity contribution < 1.29 is 9.53 Å². The lowest BCUT2D eigenvalue weighted by Crippen LogP contribution is -2.39. The van der Waals surface area contributed by atoms with Gasteiger partial charge in [-0.15, -0.1) is 0 Å². The molecule has 2 aliphatic rings. The number of alkyl carbamates (subject to hydrolysis) is 1. The highest BCUT2D eigenvalue weighted by atomic mass is 16.6. The van der Waals surface area contributed by atoms with E-state index >= 15 is 0 Å². The summed E-state index contributed by atoms with van der Waals surface area (Å²) in [5.74, 6) is 0.296. The number of fused-ring (bicyclic) bond motifs is 1. The van der Waals surface area contributed by atoms with Crippen LogP contribution in [0.3, 0.4) is 0 Å². The molecule has 1 heterocycles. The molecule has 1 aliphatic carbocycles. The number of hydrogen-bond donors (Lipinski definition) is 2. The van der Waals surface area contributed by atoms with E-state index in [1.807, 2.05) is 72.8 Å². The fourth-order valence-electron chi connectivity index (χ4n) is 5.26. The second kappa shape index (κ2) is 11.2. The minimum absolute atomic E-state index is 0.0913. The highest BCUT2D eigenvalue weighted by Crippen LogP contribution is 2.37. The summed E-state index contributed by atoms with van der Waals surface area (Å²) in [6, 6.07) is 28.0. The van der Waals surface area contributed by atoms with Gasteiger partial charge >= 0.3 is 6.09 Å². The van der Waals surface area contributed by atoms with Crippen LogP contribution in [0.4, 0.5) is 10.5 Å². The number of nitrogens with zero attached hydrogens (tertiary/aromatic N) is 2. The smallest absolute Gasteiger partial charge is 0.407 e. The number of hydrogen-bond acceptors (Lipinski definition) is 5. The maximum absolute atomic E-state index is 12.7. The first-order valence-corrected chi connectivity index (χ1v) is 12.7. The van der Waals surface area contributed by atoms with Crippen molar-refractivity contribution >= 4 is 23.2 Å². The first kappa shape index (κ1) is 23.8. The highest BCUT2D eigenvalue weighted by Gasteiger charge is 2.38. The average Bonchev–Trinajstić information content (AvgIpc) is 2.90. The first-order valence-electron chi connectivity index (χ1n) is 12.7. The van der Waals surface area contributed by atoms with Crippen molar-refractivity contribution in [1.82, 2.24) is 5.32 Å². The molecule has 0 spiro atoms. The Morgan fingerprint density at radius 3 is 2.14 bits per heavy atom. The third kappa shape index (κ3) is 5.65. The molecule has 0 saturated heterocycles. The number of anilines is 1. The van der Waals surface area contributed by atoms with Crippen LogP contribution >= 0.6 is 0 Å². The number of ether oxygens (including phenoxy) is 1. The van der Waals surface area contributed by atoms with Crippen LogP contribution < -0.4 is 11.1 Å². The predicted octanol–water partition coefficient (Wildman–Crippen LogP) is 5.97. The van der Waals surface area contributed by atoms with E-state index in [2.05, 4.69) is 17.4 Å². The summed E-state index contributed by atoms with van der Waals surface area (Å²) in [5.41, 5.74) is 11.8. The average molecular weight is 481 g/mol. The van der Waals surface area contributed by atoms with Gasteiger partial charge in [-0.1, -0.05) is 79.2 Å². The number of carbonyl (C=O) groups is 1. The molecule has 3 unspecified atom stereocenters. The van der Waals surface area contributed by atoms with E-state index in [-0.39, 0.29) is 24.0 Å². The van der Waals surface area contributed by atoms with E-state index in [0.717, 1.165) is 53.8 Å². The van der Waals surface area contributed by atoms with E-state index in [4.69, 9.17) is 20.7 Å². The van der Waals surface area contributed by atoms with Gasteiger partial charge in [-0.2, -0.15) is 10.2 Å². The number of nitrogens with two attached hydrogens (primary N) is 1. The quantitative estimate of drug-likeness (QED) is 0.441. The Balaban J connectivity index is 1.39. The van der Waals surface area contributed by atoms with Crippen LogP contribution in [0.25, 0.3) is 0 Å². The molecule has 184 valence electrons. The van der Waals surface area contributed by atoms with Crippen LogP contribution in [0.5, 0.6) is 0 Å². The van der Waals surface area contributed by atoms with Crippen molar-refractivity contribution in [2.75, 3.05) is 5.73 Å². The van der Waals surface area contributed by atoms with Crippen LogP contribution in [0.2, 0.25) is 0 Å². The molecule has 5 rings (SSSR count). The van der Waals surface area contributed by atoms with Crippen molar-refractivity contribution in [2.24, 2.45) is 22.0 Å². The van der Waals surface area contributed by atoms with Gasteiger partial charge in [0.2, 0.25) is 0 Å². The van der Waals surface area contributed by atoms with Gasteiger partial charge in [0.1, 0.15) is 6.10 Å². The molecular weight excluding hydrogens is 448 g/mol.